The number of hydrogen-bond acceptors (Lipinski definition) is 3. The second-order valence-corrected chi connectivity index (χ2v) is 5.89. The summed E-state index contributed by atoms with van der Waals surface area (Å²) in [6.07, 6.45) is 0. The summed E-state index contributed by atoms with van der Waals surface area (Å²) in [4.78, 5) is 0. The van der Waals surface area contributed by atoms with Crippen LogP contribution in [-0.4, -0.2) is 25.8 Å². The number of rotatable bonds is 5. The molecule has 0 fully saturated rings. The van der Waals surface area contributed by atoms with E-state index in [2.05, 4.69) is 4.72 Å². The standard InChI is InChI=1S/C12H21N3O2S/c1-5-15(6-2)18(16,17)14-12-8-10(4)9(3)7-11(12)13/h7-8,14H,5-6,13H2,1-4H3. The molecule has 1 rings (SSSR count). The molecule has 102 valence electrons. The van der Waals surface area contributed by atoms with Crippen LogP contribution in [-0.2, 0) is 10.2 Å². The van der Waals surface area contributed by atoms with Gasteiger partial charge in [0.15, 0.2) is 0 Å². The Morgan fingerprint density at radius 3 is 2.17 bits per heavy atom. The van der Waals surface area contributed by atoms with Gasteiger partial charge in [-0.15, -0.1) is 0 Å². The lowest BCUT2D eigenvalue weighted by Gasteiger charge is -2.20. The van der Waals surface area contributed by atoms with Crippen molar-refractivity contribution in [3.05, 3.63) is 23.3 Å². The van der Waals surface area contributed by atoms with Crippen LogP contribution in [0.1, 0.15) is 25.0 Å². The van der Waals surface area contributed by atoms with Gasteiger partial charge in [0, 0.05) is 13.1 Å². The van der Waals surface area contributed by atoms with E-state index in [1.807, 2.05) is 13.8 Å². The van der Waals surface area contributed by atoms with Crippen molar-refractivity contribution >= 4 is 21.6 Å². The van der Waals surface area contributed by atoms with Crippen LogP contribution in [0.5, 0.6) is 0 Å². The fourth-order valence-electron chi connectivity index (χ4n) is 1.69. The first-order chi connectivity index (χ1) is 8.31. The molecule has 5 nitrogen and oxygen atoms in total. The van der Waals surface area contributed by atoms with Gasteiger partial charge in [-0.25, -0.2) is 0 Å². The smallest absolute Gasteiger partial charge is 0.301 e. The number of benzene rings is 1. The normalized spacial score (nSPS) is 11.8. The Bertz CT molecular complexity index is 522. The molecule has 0 aromatic heterocycles. The van der Waals surface area contributed by atoms with Crippen molar-refractivity contribution in [2.24, 2.45) is 0 Å². The number of anilines is 2. The van der Waals surface area contributed by atoms with Crippen molar-refractivity contribution in [2.45, 2.75) is 27.7 Å². The van der Waals surface area contributed by atoms with Gasteiger partial charge in [0.1, 0.15) is 0 Å². The number of nitrogen functional groups attached to an aromatic ring is 1. The molecule has 1 aromatic carbocycles. The first kappa shape index (κ1) is 14.8. The van der Waals surface area contributed by atoms with Crippen LogP contribution in [0.15, 0.2) is 12.1 Å². The average molecular weight is 271 g/mol. The second kappa shape index (κ2) is 5.58. The molecule has 0 heterocycles. The van der Waals surface area contributed by atoms with Crippen LogP contribution in [0.2, 0.25) is 0 Å². The SMILES string of the molecule is CCN(CC)S(=O)(=O)Nc1cc(C)c(C)cc1N. The predicted molar refractivity (Wildman–Crippen MR) is 75.8 cm³/mol. The largest absolute Gasteiger partial charge is 0.397 e. The Kier molecular flexibility index (Phi) is 4.59. The molecule has 0 saturated heterocycles. The summed E-state index contributed by atoms with van der Waals surface area (Å²) in [6.45, 7) is 8.31. The zero-order valence-corrected chi connectivity index (χ0v) is 12.1. The highest BCUT2D eigenvalue weighted by atomic mass is 32.2. The maximum atomic E-state index is 12.1. The zero-order valence-electron chi connectivity index (χ0n) is 11.3. The average Bonchev–Trinajstić information content (AvgIpc) is 2.26. The van der Waals surface area contributed by atoms with Crippen molar-refractivity contribution in [1.82, 2.24) is 4.31 Å². The Labute approximate surface area is 109 Å². The van der Waals surface area contributed by atoms with Crippen molar-refractivity contribution in [3.63, 3.8) is 0 Å². The molecule has 3 N–H and O–H groups in total. The van der Waals surface area contributed by atoms with Crippen LogP contribution in [0.4, 0.5) is 11.4 Å². The van der Waals surface area contributed by atoms with Gasteiger partial charge >= 0.3 is 10.2 Å². The van der Waals surface area contributed by atoms with E-state index < -0.39 is 10.2 Å². The van der Waals surface area contributed by atoms with E-state index in [1.54, 1.807) is 26.0 Å². The molecule has 0 aliphatic heterocycles. The van der Waals surface area contributed by atoms with Crippen molar-refractivity contribution in [1.29, 1.82) is 0 Å². The molecule has 18 heavy (non-hydrogen) atoms. The molecule has 0 bridgehead atoms. The lowest BCUT2D eigenvalue weighted by Crippen LogP contribution is -2.35. The van der Waals surface area contributed by atoms with Gasteiger partial charge in [0.2, 0.25) is 0 Å². The van der Waals surface area contributed by atoms with Crippen LogP contribution >= 0.6 is 0 Å². The minimum absolute atomic E-state index is 0.427. The summed E-state index contributed by atoms with van der Waals surface area (Å²) in [5.74, 6) is 0. The van der Waals surface area contributed by atoms with E-state index in [9.17, 15) is 8.42 Å². The van der Waals surface area contributed by atoms with Gasteiger partial charge < -0.3 is 5.73 Å². The number of aryl methyl sites for hydroxylation is 2. The Morgan fingerprint density at radius 1 is 1.17 bits per heavy atom. The minimum atomic E-state index is -3.52. The van der Waals surface area contributed by atoms with Gasteiger partial charge in [-0.3, -0.25) is 4.72 Å². The van der Waals surface area contributed by atoms with Crippen molar-refractivity contribution < 1.29 is 8.42 Å². The lowest BCUT2D eigenvalue weighted by atomic mass is 10.1. The molecule has 0 radical (unpaired) electrons. The summed E-state index contributed by atoms with van der Waals surface area (Å²) >= 11 is 0. The molecule has 0 saturated carbocycles. The maximum Gasteiger partial charge on any atom is 0.301 e. The van der Waals surface area contributed by atoms with Gasteiger partial charge in [-0.05, 0) is 37.1 Å². The summed E-state index contributed by atoms with van der Waals surface area (Å²) in [5, 5.41) is 0. The summed E-state index contributed by atoms with van der Waals surface area (Å²) in [7, 11) is -3.52. The zero-order chi connectivity index (χ0) is 13.9. The quantitative estimate of drug-likeness (QED) is 0.803. The Morgan fingerprint density at radius 2 is 1.67 bits per heavy atom. The van der Waals surface area contributed by atoms with Crippen LogP contribution in [0, 0.1) is 13.8 Å². The highest BCUT2D eigenvalue weighted by Crippen LogP contribution is 2.24. The predicted octanol–water partition coefficient (Wildman–Crippen LogP) is 1.88. The van der Waals surface area contributed by atoms with E-state index in [0.717, 1.165) is 11.1 Å². The highest BCUT2D eigenvalue weighted by molar-refractivity contribution is 7.90. The van der Waals surface area contributed by atoms with E-state index in [0.29, 0.717) is 24.5 Å². The molecule has 0 amide bonds. The highest BCUT2D eigenvalue weighted by Gasteiger charge is 2.19. The summed E-state index contributed by atoms with van der Waals surface area (Å²) < 4.78 is 28.0. The third kappa shape index (κ3) is 3.14. The molecule has 0 aliphatic rings. The van der Waals surface area contributed by atoms with Crippen LogP contribution in [0.3, 0.4) is 0 Å². The Hall–Kier alpha value is -1.27. The molecule has 0 spiro atoms. The topological polar surface area (TPSA) is 75.4 Å². The van der Waals surface area contributed by atoms with E-state index in [4.69, 9.17) is 5.73 Å². The second-order valence-electron chi connectivity index (χ2n) is 4.22. The monoisotopic (exact) mass is 271 g/mol. The van der Waals surface area contributed by atoms with Crippen molar-refractivity contribution in [3.8, 4) is 0 Å². The number of nitrogens with zero attached hydrogens (tertiary/aromatic N) is 1. The third-order valence-electron chi connectivity index (χ3n) is 2.95. The number of nitrogens with two attached hydrogens (primary N) is 1. The van der Waals surface area contributed by atoms with E-state index in [1.165, 1.54) is 4.31 Å². The number of nitrogens with one attached hydrogen (secondary N) is 1. The maximum absolute atomic E-state index is 12.1. The van der Waals surface area contributed by atoms with Gasteiger partial charge in [0.25, 0.3) is 0 Å². The van der Waals surface area contributed by atoms with Gasteiger partial charge in [-0.2, -0.15) is 12.7 Å². The molecule has 0 atom stereocenters. The van der Waals surface area contributed by atoms with Gasteiger partial charge in [-0.1, -0.05) is 13.8 Å². The number of hydrogen-bond donors (Lipinski definition) is 2. The minimum Gasteiger partial charge on any atom is -0.397 e. The molecule has 0 aliphatic carbocycles. The summed E-state index contributed by atoms with van der Waals surface area (Å²) in [5.41, 5.74) is 8.75. The van der Waals surface area contributed by atoms with E-state index in [-0.39, 0.29) is 0 Å². The van der Waals surface area contributed by atoms with Crippen molar-refractivity contribution in [2.75, 3.05) is 23.5 Å². The van der Waals surface area contributed by atoms with Crippen LogP contribution < -0.4 is 10.5 Å². The van der Waals surface area contributed by atoms with Crippen LogP contribution in [0.25, 0.3) is 0 Å². The fraction of sp³-hybridized carbons (Fsp3) is 0.500. The molecular weight excluding hydrogens is 250 g/mol. The molecular formula is C12H21N3O2S. The first-order valence-electron chi connectivity index (χ1n) is 5.96. The first-order valence-corrected chi connectivity index (χ1v) is 7.40. The lowest BCUT2D eigenvalue weighted by molar-refractivity contribution is 0.449. The summed E-state index contributed by atoms with van der Waals surface area (Å²) in [6, 6.07) is 3.53. The fourth-order valence-corrected chi connectivity index (χ4v) is 2.96. The molecule has 0 unspecified atom stereocenters. The third-order valence-corrected chi connectivity index (χ3v) is 4.62. The molecule has 6 heteroatoms. The molecule has 1 aromatic rings. The van der Waals surface area contributed by atoms with E-state index >= 15 is 0 Å². The van der Waals surface area contributed by atoms with Gasteiger partial charge in [0.05, 0.1) is 11.4 Å². The Balaban J connectivity index is 3.08.